The van der Waals surface area contributed by atoms with Crippen molar-refractivity contribution in [1.82, 2.24) is 14.9 Å². The van der Waals surface area contributed by atoms with E-state index in [1.54, 1.807) is 11.1 Å². The Morgan fingerprint density at radius 2 is 1.95 bits per heavy atom. The smallest absolute Gasteiger partial charge is 0.410 e. The first kappa shape index (κ1) is 15.9. The van der Waals surface area contributed by atoms with Gasteiger partial charge < -0.3 is 14.5 Å². The molecule has 0 aliphatic carbocycles. The van der Waals surface area contributed by atoms with Crippen LogP contribution in [-0.2, 0) is 4.74 Å². The van der Waals surface area contributed by atoms with E-state index in [4.69, 9.17) is 4.74 Å². The number of hydrogen-bond donors (Lipinski definition) is 0. The average Bonchev–Trinajstić information content (AvgIpc) is 2.46. The molecule has 2 rings (SSSR count). The Hall–Kier alpha value is -1.50. The number of hydrogen-bond acceptors (Lipinski definition) is 6. The molecule has 1 aromatic heterocycles. The van der Waals surface area contributed by atoms with Crippen molar-refractivity contribution < 1.29 is 9.53 Å². The molecular weight excluding hydrogens is 288 g/mol. The molecule has 1 aromatic rings. The first-order valence-electron chi connectivity index (χ1n) is 6.99. The molecule has 116 valence electrons. The summed E-state index contributed by atoms with van der Waals surface area (Å²) >= 11 is 1.53. The molecule has 0 bridgehead atoms. The molecule has 0 atom stereocenters. The maximum atomic E-state index is 12.0. The highest BCUT2D eigenvalue weighted by molar-refractivity contribution is 7.98. The molecule has 1 aliphatic rings. The van der Waals surface area contributed by atoms with E-state index in [1.807, 2.05) is 33.1 Å². The van der Waals surface area contributed by atoms with Gasteiger partial charge in [-0.2, -0.15) is 0 Å². The summed E-state index contributed by atoms with van der Waals surface area (Å²) < 4.78 is 5.39. The van der Waals surface area contributed by atoms with Gasteiger partial charge in [-0.15, -0.1) is 0 Å². The summed E-state index contributed by atoms with van der Waals surface area (Å²) in [6, 6.07) is 1.91. The first-order chi connectivity index (χ1) is 9.89. The predicted molar refractivity (Wildman–Crippen MR) is 83.8 cm³/mol. The molecule has 1 amide bonds. The Morgan fingerprint density at radius 1 is 1.29 bits per heavy atom. The highest BCUT2D eigenvalue weighted by Gasteiger charge is 2.26. The van der Waals surface area contributed by atoms with E-state index in [0.717, 1.165) is 24.1 Å². The van der Waals surface area contributed by atoms with E-state index >= 15 is 0 Å². The normalized spacial score (nSPS) is 16.0. The summed E-state index contributed by atoms with van der Waals surface area (Å²) in [6.45, 7) is 8.44. The van der Waals surface area contributed by atoms with Crippen molar-refractivity contribution in [3.63, 3.8) is 0 Å². The fourth-order valence-electron chi connectivity index (χ4n) is 2.05. The van der Waals surface area contributed by atoms with Crippen molar-refractivity contribution in [3.8, 4) is 0 Å². The summed E-state index contributed by atoms with van der Waals surface area (Å²) in [4.78, 5) is 24.6. The van der Waals surface area contributed by atoms with E-state index in [9.17, 15) is 4.79 Å². The first-order valence-corrected chi connectivity index (χ1v) is 8.21. The van der Waals surface area contributed by atoms with Gasteiger partial charge in [0.15, 0.2) is 5.16 Å². The lowest BCUT2D eigenvalue weighted by molar-refractivity contribution is 0.0240. The number of anilines is 1. The summed E-state index contributed by atoms with van der Waals surface area (Å²) in [5.41, 5.74) is -0.450. The van der Waals surface area contributed by atoms with Crippen LogP contribution in [0.4, 0.5) is 10.6 Å². The standard InChI is InChI=1S/C14H22N4O2S/c1-14(2,3)20-13(19)18-9-7-17(8-10-18)11-5-6-15-12(16-11)21-4/h5-6H,7-10H2,1-4H3. The van der Waals surface area contributed by atoms with Crippen LogP contribution in [0.5, 0.6) is 0 Å². The SMILES string of the molecule is CSc1nccc(N2CCN(C(=O)OC(C)(C)C)CC2)n1. The van der Waals surface area contributed by atoms with Crippen LogP contribution in [0.1, 0.15) is 20.8 Å². The second-order valence-corrected chi connectivity index (χ2v) is 6.63. The number of rotatable bonds is 2. The van der Waals surface area contributed by atoms with Crippen molar-refractivity contribution in [2.24, 2.45) is 0 Å². The summed E-state index contributed by atoms with van der Waals surface area (Å²) in [7, 11) is 0. The maximum Gasteiger partial charge on any atom is 0.410 e. The molecule has 6 nitrogen and oxygen atoms in total. The molecule has 2 heterocycles. The minimum atomic E-state index is -0.450. The molecule has 7 heteroatoms. The largest absolute Gasteiger partial charge is 0.444 e. The Kier molecular flexibility index (Phi) is 4.92. The number of nitrogens with zero attached hydrogens (tertiary/aromatic N) is 4. The Morgan fingerprint density at radius 3 is 2.52 bits per heavy atom. The van der Waals surface area contributed by atoms with Crippen molar-refractivity contribution in [2.75, 3.05) is 37.3 Å². The van der Waals surface area contributed by atoms with Gasteiger partial charge in [0.2, 0.25) is 0 Å². The third kappa shape index (κ3) is 4.49. The Labute approximate surface area is 129 Å². The van der Waals surface area contributed by atoms with E-state index < -0.39 is 5.60 Å². The molecule has 0 aromatic carbocycles. The van der Waals surface area contributed by atoms with Crippen molar-refractivity contribution >= 4 is 23.7 Å². The number of carbonyl (C=O) groups is 1. The number of carbonyl (C=O) groups excluding carboxylic acids is 1. The fraction of sp³-hybridized carbons (Fsp3) is 0.643. The predicted octanol–water partition coefficient (Wildman–Crippen LogP) is 2.26. The van der Waals surface area contributed by atoms with E-state index in [-0.39, 0.29) is 6.09 Å². The van der Waals surface area contributed by atoms with Gasteiger partial charge in [0.05, 0.1) is 0 Å². The van der Waals surface area contributed by atoms with E-state index in [0.29, 0.717) is 13.1 Å². The van der Waals surface area contributed by atoms with Gasteiger partial charge >= 0.3 is 6.09 Å². The molecule has 0 unspecified atom stereocenters. The summed E-state index contributed by atoms with van der Waals surface area (Å²) in [6.07, 6.45) is 3.49. The molecule has 21 heavy (non-hydrogen) atoms. The van der Waals surface area contributed by atoms with Gasteiger partial charge in [0.1, 0.15) is 11.4 Å². The average molecular weight is 310 g/mol. The minimum absolute atomic E-state index is 0.241. The quantitative estimate of drug-likeness (QED) is 0.617. The van der Waals surface area contributed by atoms with Gasteiger partial charge in [0.25, 0.3) is 0 Å². The lowest BCUT2D eigenvalue weighted by atomic mass is 10.2. The van der Waals surface area contributed by atoms with Gasteiger partial charge in [0, 0.05) is 32.4 Å². The van der Waals surface area contributed by atoms with Crippen LogP contribution in [0.2, 0.25) is 0 Å². The van der Waals surface area contributed by atoms with Crippen LogP contribution in [0.15, 0.2) is 17.4 Å². The van der Waals surface area contributed by atoms with Gasteiger partial charge in [-0.25, -0.2) is 14.8 Å². The molecule has 1 saturated heterocycles. The van der Waals surface area contributed by atoms with Crippen LogP contribution in [0.3, 0.4) is 0 Å². The number of amides is 1. The Balaban J connectivity index is 1.92. The molecule has 0 spiro atoms. The van der Waals surface area contributed by atoms with Crippen LogP contribution in [0, 0.1) is 0 Å². The highest BCUT2D eigenvalue weighted by Crippen LogP contribution is 2.18. The van der Waals surface area contributed by atoms with Crippen LogP contribution < -0.4 is 4.90 Å². The second kappa shape index (κ2) is 6.51. The van der Waals surface area contributed by atoms with Gasteiger partial charge in [-0.3, -0.25) is 0 Å². The van der Waals surface area contributed by atoms with Gasteiger partial charge in [-0.1, -0.05) is 11.8 Å². The summed E-state index contributed by atoms with van der Waals surface area (Å²) in [5.74, 6) is 0.915. The molecule has 1 fully saturated rings. The van der Waals surface area contributed by atoms with E-state index in [1.165, 1.54) is 11.8 Å². The lowest BCUT2D eigenvalue weighted by Crippen LogP contribution is -2.50. The minimum Gasteiger partial charge on any atom is -0.444 e. The summed E-state index contributed by atoms with van der Waals surface area (Å²) in [5, 5.41) is 0.766. The molecule has 0 N–H and O–H groups in total. The van der Waals surface area contributed by atoms with Gasteiger partial charge in [-0.05, 0) is 33.1 Å². The molecule has 0 radical (unpaired) electrons. The fourth-order valence-corrected chi connectivity index (χ4v) is 2.40. The van der Waals surface area contributed by atoms with Crippen LogP contribution in [-0.4, -0.2) is 59.0 Å². The monoisotopic (exact) mass is 310 g/mol. The number of thioether (sulfide) groups is 1. The van der Waals surface area contributed by atoms with Crippen molar-refractivity contribution in [1.29, 1.82) is 0 Å². The zero-order valence-corrected chi connectivity index (χ0v) is 13.8. The number of ether oxygens (including phenoxy) is 1. The second-order valence-electron chi connectivity index (χ2n) is 5.86. The van der Waals surface area contributed by atoms with Crippen LogP contribution >= 0.6 is 11.8 Å². The number of aromatic nitrogens is 2. The zero-order valence-electron chi connectivity index (χ0n) is 13.0. The van der Waals surface area contributed by atoms with Crippen molar-refractivity contribution in [3.05, 3.63) is 12.3 Å². The van der Waals surface area contributed by atoms with Crippen LogP contribution in [0.25, 0.3) is 0 Å². The molecule has 1 aliphatic heterocycles. The maximum absolute atomic E-state index is 12.0. The highest BCUT2D eigenvalue weighted by atomic mass is 32.2. The zero-order chi connectivity index (χ0) is 15.5. The molecular formula is C14H22N4O2S. The van der Waals surface area contributed by atoms with Crippen molar-refractivity contribution in [2.45, 2.75) is 31.5 Å². The Bertz CT molecular complexity index is 496. The number of piperazine rings is 1. The molecule has 0 saturated carbocycles. The third-order valence-corrected chi connectivity index (χ3v) is 3.62. The lowest BCUT2D eigenvalue weighted by Gasteiger charge is -2.36. The van der Waals surface area contributed by atoms with E-state index in [2.05, 4.69) is 14.9 Å². The topological polar surface area (TPSA) is 58.6 Å². The third-order valence-electron chi connectivity index (χ3n) is 3.06.